The standard InChI is InChI=1S/C12H14ClN/c1-8-10(7-14)6-5-9-3-2-4-11(13)12(8)9/h2-4H,5-7,14H2,1H3. The first-order chi connectivity index (χ1) is 6.74. The first kappa shape index (κ1) is 9.75. The van der Waals surface area contributed by atoms with E-state index in [9.17, 15) is 0 Å². The fourth-order valence-corrected chi connectivity index (χ4v) is 2.44. The van der Waals surface area contributed by atoms with Crippen molar-refractivity contribution in [2.45, 2.75) is 19.8 Å². The number of allylic oxidation sites excluding steroid dienone is 1. The molecule has 0 radical (unpaired) electrons. The van der Waals surface area contributed by atoms with E-state index in [0.717, 1.165) is 17.9 Å². The summed E-state index contributed by atoms with van der Waals surface area (Å²) in [6.07, 6.45) is 2.15. The minimum Gasteiger partial charge on any atom is -0.327 e. The quantitative estimate of drug-likeness (QED) is 0.753. The van der Waals surface area contributed by atoms with E-state index in [4.69, 9.17) is 17.3 Å². The average molecular weight is 208 g/mol. The molecule has 0 unspecified atom stereocenters. The second kappa shape index (κ2) is 3.76. The highest BCUT2D eigenvalue weighted by Gasteiger charge is 2.16. The van der Waals surface area contributed by atoms with Gasteiger partial charge < -0.3 is 5.73 Å². The number of aryl methyl sites for hydroxylation is 1. The molecule has 1 aliphatic rings. The maximum Gasteiger partial charge on any atom is 0.0483 e. The van der Waals surface area contributed by atoms with Crippen LogP contribution in [0.4, 0.5) is 0 Å². The Kier molecular flexibility index (Phi) is 2.62. The summed E-state index contributed by atoms with van der Waals surface area (Å²) < 4.78 is 0. The van der Waals surface area contributed by atoms with Crippen LogP contribution in [0, 0.1) is 0 Å². The van der Waals surface area contributed by atoms with Gasteiger partial charge in [-0.1, -0.05) is 29.3 Å². The molecule has 2 N–H and O–H groups in total. The van der Waals surface area contributed by atoms with Crippen LogP contribution >= 0.6 is 11.6 Å². The zero-order valence-corrected chi connectivity index (χ0v) is 9.06. The van der Waals surface area contributed by atoms with E-state index in [1.54, 1.807) is 0 Å². The Balaban J connectivity index is 2.60. The highest BCUT2D eigenvalue weighted by molar-refractivity contribution is 6.32. The van der Waals surface area contributed by atoms with Crippen LogP contribution in [-0.4, -0.2) is 6.54 Å². The molecule has 1 aliphatic carbocycles. The van der Waals surface area contributed by atoms with Gasteiger partial charge in [0.1, 0.15) is 0 Å². The summed E-state index contributed by atoms with van der Waals surface area (Å²) in [6.45, 7) is 2.77. The van der Waals surface area contributed by atoms with Gasteiger partial charge in [-0.2, -0.15) is 0 Å². The third kappa shape index (κ3) is 1.47. The Morgan fingerprint density at radius 3 is 2.86 bits per heavy atom. The zero-order valence-electron chi connectivity index (χ0n) is 8.31. The van der Waals surface area contributed by atoms with Crippen LogP contribution in [-0.2, 0) is 6.42 Å². The van der Waals surface area contributed by atoms with E-state index in [0.29, 0.717) is 6.54 Å². The van der Waals surface area contributed by atoms with Gasteiger partial charge in [0.15, 0.2) is 0 Å². The van der Waals surface area contributed by atoms with Gasteiger partial charge in [-0.15, -0.1) is 0 Å². The number of nitrogens with two attached hydrogens (primary N) is 1. The summed E-state index contributed by atoms with van der Waals surface area (Å²) in [7, 11) is 0. The summed E-state index contributed by atoms with van der Waals surface area (Å²) in [5, 5.41) is 0.852. The molecule has 0 amide bonds. The largest absolute Gasteiger partial charge is 0.327 e. The Bertz CT molecular complexity index is 393. The predicted molar refractivity (Wildman–Crippen MR) is 61.4 cm³/mol. The molecule has 0 bridgehead atoms. The molecule has 74 valence electrons. The second-order valence-corrected chi connectivity index (χ2v) is 4.11. The van der Waals surface area contributed by atoms with E-state index >= 15 is 0 Å². The molecular formula is C12H14ClN. The van der Waals surface area contributed by atoms with E-state index < -0.39 is 0 Å². The van der Waals surface area contributed by atoms with Crippen LogP contribution < -0.4 is 5.73 Å². The van der Waals surface area contributed by atoms with Crippen molar-refractivity contribution in [3.63, 3.8) is 0 Å². The average Bonchev–Trinajstić information content (AvgIpc) is 2.18. The number of hydrogen-bond donors (Lipinski definition) is 1. The van der Waals surface area contributed by atoms with Crippen molar-refractivity contribution in [3.8, 4) is 0 Å². The topological polar surface area (TPSA) is 26.0 Å². The summed E-state index contributed by atoms with van der Waals surface area (Å²) >= 11 is 6.18. The Hall–Kier alpha value is -0.790. The summed E-state index contributed by atoms with van der Waals surface area (Å²) in [6, 6.07) is 6.11. The molecule has 0 spiro atoms. The van der Waals surface area contributed by atoms with Gasteiger partial charge in [0.2, 0.25) is 0 Å². The van der Waals surface area contributed by atoms with Gasteiger partial charge in [0, 0.05) is 11.6 Å². The van der Waals surface area contributed by atoms with Crippen molar-refractivity contribution < 1.29 is 0 Å². The van der Waals surface area contributed by atoms with E-state index in [-0.39, 0.29) is 0 Å². The van der Waals surface area contributed by atoms with Crippen LogP contribution in [0.2, 0.25) is 5.02 Å². The number of benzene rings is 1. The molecule has 2 heteroatoms. The Morgan fingerprint density at radius 2 is 2.14 bits per heavy atom. The first-order valence-corrected chi connectivity index (χ1v) is 5.28. The maximum absolute atomic E-state index is 6.18. The van der Waals surface area contributed by atoms with Crippen molar-refractivity contribution >= 4 is 17.2 Å². The fraction of sp³-hybridized carbons (Fsp3) is 0.333. The Labute approximate surface area is 89.6 Å². The van der Waals surface area contributed by atoms with Crippen molar-refractivity contribution in [2.24, 2.45) is 5.73 Å². The van der Waals surface area contributed by atoms with Gasteiger partial charge >= 0.3 is 0 Å². The van der Waals surface area contributed by atoms with E-state index in [2.05, 4.69) is 13.0 Å². The molecule has 1 aromatic rings. The van der Waals surface area contributed by atoms with E-state index in [1.165, 1.54) is 22.3 Å². The number of fused-ring (bicyclic) bond motifs is 1. The smallest absolute Gasteiger partial charge is 0.0483 e. The zero-order chi connectivity index (χ0) is 10.1. The number of halogens is 1. The SMILES string of the molecule is CC1=C(CN)CCc2cccc(Cl)c21. The highest BCUT2D eigenvalue weighted by Crippen LogP contribution is 2.35. The van der Waals surface area contributed by atoms with Gasteiger partial charge in [0.25, 0.3) is 0 Å². The van der Waals surface area contributed by atoms with Crippen LogP contribution in [0.25, 0.3) is 5.57 Å². The minimum absolute atomic E-state index is 0.649. The van der Waals surface area contributed by atoms with Crippen molar-refractivity contribution in [3.05, 3.63) is 39.9 Å². The van der Waals surface area contributed by atoms with Crippen LogP contribution in [0.1, 0.15) is 24.5 Å². The third-order valence-corrected chi connectivity index (χ3v) is 3.26. The molecule has 0 aromatic heterocycles. The highest BCUT2D eigenvalue weighted by atomic mass is 35.5. The summed E-state index contributed by atoms with van der Waals surface area (Å²) in [4.78, 5) is 0. The van der Waals surface area contributed by atoms with Gasteiger partial charge in [-0.05, 0) is 42.5 Å². The molecule has 0 aliphatic heterocycles. The summed E-state index contributed by atoms with van der Waals surface area (Å²) in [5.41, 5.74) is 10.9. The van der Waals surface area contributed by atoms with Crippen LogP contribution in [0.5, 0.6) is 0 Å². The molecule has 0 fully saturated rings. The van der Waals surface area contributed by atoms with E-state index in [1.807, 2.05) is 12.1 Å². The normalized spacial score (nSPS) is 15.6. The van der Waals surface area contributed by atoms with Crippen LogP contribution in [0.3, 0.4) is 0 Å². The van der Waals surface area contributed by atoms with Gasteiger partial charge in [-0.3, -0.25) is 0 Å². The molecule has 1 nitrogen and oxygen atoms in total. The predicted octanol–water partition coefficient (Wildman–Crippen LogP) is 3.02. The molecule has 2 rings (SSSR count). The fourth-order valence-electron chi connectivity index (χ4n) is 2.10. The number of hydrogen-bond acceptors (Lipinski definition) is 1. The lowest BCUT2D eigenvalue weighted by Crippen LogP contribution is -2.11. The molecular weight excluding hydrogens is 194 g/mol. The molecule has 0 saturated carbocycles. The lowest BCUT2D eigenvalue weighted by atomic mass is 9.86. The number of rotatable bonds is 1. The second-order valence-electron chi connectivity index (χ2n) is 3.71. The third-order valence-electron chi connectivity index (χ3n) is 2.95. The monoisotopic (exact) mass is 207 g/mol. The van der Waals surface area contributed by atoms with Crippen molar-refractivity contribution in [1.29, 1.82) is 0 Å². The molecule has 14 heavy (non-hydrogen) atoms. The lowest BCUT2D eigenvalue weighted by molar-refractivity contribution is 0.881. The lowest BCUT2D eigenvalue weighted by Gasteiger charge is -2.21. The van der Waals surface area contributed by atoms with Gasteiger partial charge in [-0.25, -0.2) is 0 Å². The minimum atomic E-state index is 0.649. The van der Waals surface area contributed by atoms with Crippen molar-refractivity contribution in [1.82, 2.24) is 0 Å². The molecule has 0 heterocycles. The van der Waals surface area contributed by atoms with Crippen LogP contribution in [0.15, 0.2) is 23.8 Å². The molecule has 0 atom stereocenters. The Morgan fingerprint density at radius 1 is 1.36 bits per heavy atom. The van der Waals surface area contributed by atoms with Crippen molar-refractivity contribution in [2.75, 3.05) is 6.54 Å². The molecule has 1 aromatic carbocycles. The maximum atomic E-state index is 6.18. The first-order valence-electron chi connectivity index (χ1n) is 4.90. The summed E-state index contributed by atoms with van der Waals surface area (Å²) in [5.74, 6) is 0. The van der Waals surface area contributed by atoms with Gasteiger partial charge in [0.05, 0.1) is 0 Å². The molecule has 0 saturated heterocycles.